The van der Waals surface area contributed by atoms with E-state index < -0.39 is 0 Å². The summed E-state index contributed by atoms with van der Waals surface area (Å²) in [6.45, 7) is 7.09. The summed E-state index contributed by atoms with van der Waals surface area (Å²) in [5, 5.41) is 3.08. The number of carbonyl (C=O) groups excluding carboxylic acids is 1. The molecule has 100 valence electrons. The molecule has 3 heteroatoms. The van der Waals surface area contributed by atoms with E-state index in [0.717, 1.165) is 12.4 Å². The lowest BCUT2D eigenvalue weighted by molar-refractivity contribution is -0.123. The molecule has 0 spiro atoms. The van der Waals surface area contributed by atoms with E-state index in [1.54, 1.807) is 0 Å². The van der Waals surface area contributed by atoms with Gasteiger partial charge in [-0.05, 0) is 30.1 Å². The summed E-state index contributed by atoms with van der Waals surface area (Å²) in [5.74, 6) is 2.10. The van der Waals surface area contributed by atoms with Gasteiger partial charge in [-0.3, -0.25) is 4.79 Å². The van der Waals surface area contributed by atoms with E-state index in [1.165, 1.54) is 25.7 Å². The minimum absolute atomic E-state index is 0.0720. The van der Waals surface area contributed by atoms with Gasteiger partial charge in [0.05, 0.1) is 0 Å². The van der Waals surface area contributed by atoms with E-state index in [1.807, 2.05) is 0 Å². The molecule has 0 aromatic heterocycles. The fraction of sp³-hybridized carbons (Fsp3) is 0.929. The normalized spacial score (nSPS) is 25.6. The minimum Gasteiger partial charge on any atom is -0.356 e. The van der Waals surface area contributed by atoms with Gasteiger partial charge in [0, 0.05) is 18.8 Å². The third-order valence-electron chi connectivity index (χ3n) is 3.52. The van der Waals surface area contributed by atoms with Crippen LogP contribution < -0.4 is 5.32 Å². The topological polar surface area (TPSA) is 29.1 Å². The summed E-state index contributed by atoms with van der Waals surface area (Å²) >= 11 is 5.98. The van der Waals surface area contributed by atoms with Crippen molar-refractivity contribution < 1.29 is 4.79 Å². The Morgan fingerprint density at radius 1 is 1.24 bits per heavy atom. The Morgan fingerprint density at radius 2 is 1.82 bits per heavy atom. The monoisotopic (exact) mass is 259 g/mol. The highest BCUT2D eigenvalue weighted by molar-refractivity contribution is 6.18. The second kappa shape index (κ2) is 6.63. The molecule has 1 rings (SSSR count). The zero-order valence-electron chi connectivity index (χ0n) is 11.4. The quantitative estimate of drug-likeness (QED) is 0.769. The number of halogens is 1. The van der Waals surface area contributed by atoms with Crippen molar-refractivity contribution in [3.63, 3.8) is 0 Å². The second-order valence-electron chi connectivity index (χ2n) is 6.50. The molecular weight excluding hydrogens is 234 g/mol. The van der Waals surface area contributed by atoms with Gasteiger partial charge < -0.3 is 5.32 Å². The Kier molecular flexibility index (Phi) is 5.78. The van der Waals surface area contributed by atoms with Crippen molar-refractivity contribution >= 4 is 17.5 Å². The van der Waals surface area contributed by atoms with Crippen LogP contribution in [-0.2, 0) is 4.79 Å². The van der Waals surface area contributed by atoms with Crippen molar-refractivity contribution in [2.75, 3.05) is 12.4 Å². The lowest BCUT2D eigenvalue weighted by Crippen LogP contribution is -2.36. The van der Waals surface area contributed by atoms with Crippen LogP contribution in [-0.4, -0.2) is 18.3 Å². The summed E-state index contributed by atoms with van der Waals surface area (Å²) in [7, 11) is 0. The molecule has 1 aliphatic rings. The third-order valence-corrected chi connectivity index (χ3v) is 3.91. The predicted molar refractivity (Wildman–Crippen MR) is 73.2 cm³/mol. The summed E-state index contributed by atoms with van der Waals surface area (Å²) in [5.41, 5.74) is 0.0720. The summed E-state index contributed by atoms with van der Waals surface area (Å²) < 4.78 is 0. The average Bonchev–Trinajstić information content (AvgIpc) is 2.24. The van der Waals surface area contributed by atoms with E-state index in [9.17, 15) is 4.79 Å². The van der Waals surface area contributed by atoms with Gasteiger partial charge in [0.15, 0.2) is 0 Å². The van der Waals surface area contributed by atoms with Gasteiger partial charge in [0.2, 0.25) is 5.91 Å². The largest absolute Gasteiger partial charge is 0.356 e. The molecule has 2 nitrogen and oxygen atoms in total. The molecule has 0 aliphatic heterocycles. The van der Waals surface area contributed by atoms with Crippen LogP contribution in [0.3, 0.4) is 0 Å². The van der Waals surface area contributed by atoms with Crippen molar-refractivity contribution in [1.29, 1.82) is 0 Å². The van der Waals surface area contributed by atoms with Crippen LogP contribution in [0, 0.1) is 17.3 Å². The first-order valence-corrected chi connectivity index (χ1v) is 7.28. The number of amides is 1. The van der Waals surface area contributed by atoms with Gasteiger partial charge in [0.25, 0.3) is 0 Å². The lowest BCUT2D eigenvalue weighted by Gasteiger charge is -2.30. The van der Waals surface area contributed by atoms with Gasteiger partial charge >= 0.3 is 0 Å². The number of hydrogen-bond acceptors (Lipinski definition) is 1. The van der Waals surface area contributed by atoms with Crippen LogP contribution in [0.5, 0.6) is 0 Å². The minimum atomic E-state index is 0.0720. The molecule has 1 saturated carbocycles. The van der Waals surface area contributed by atoms with E-state index >= 15 is 0 Å². The molecule has 2 unspecified atom stereocenters. The van der Waals surface area contributed by atoms with Crippen LogP contribution in [0.25, 0.3) is 0 Å². The van der Waals surface area contributed by atoms with Crippen molar-refractivity contribution in [1.82, 2.24) is 5.32 Å². The number of rotatable bonds is 4. The molecule has 1 fully saturated rings. The van der Waals surface area contributed by atoms with Crippen molar-refractivity contribution in [3.05, 3.63) is 0 Å². The zero-order chi connectivity index (χ0) is 12.9. The molecule has 0 bridgehead atoms. The maximum absolute atomic E-state index is 11.8. The highest BCUT2D eigenvalue weighted by atomic mass is 35.5. The molecule has 0 radical (unpaired) electrons. The predicted octanol–water partition coefficient (Wildman–Crippen LogP) is 3.58. The summed E-state index contributed by atoms with van der Waals surface area (Å²) in [4.78, 5) is 11.8. The van der Waals surface area contributed by atoms with Crippen molar-refractivity contribution in [2.24, 2.45) is 17.3 Å². The first kappa shape index (κ1) is 14.8. The maximum Gasteiger partial charge on any atom is 0.220 e. The number of carbonyl (C=O) groups is 1. The van der Waals surface area contributed by atoms with E-state index in [2.05, 4.69) is 26.1 Å². The van der Waals surface area contributed by atoms with Gasteiger partial charge in [-0.2, -0.15) is 0 Å². The second-order valence-corrected chi connectivity index (χ2v) is 6.81. The van der Waals surface area contributed by atoms with Crippen molar-refractivity contribution in [3.8, 4) is 0 Å². The van der Waals surface area contributed by atoms with Crippen LogP contribution >= 0.6 is 11.6 Å². The van der Waals surface area contributed by atoms with Crippen LogP contribution in [0.2, 0.25) is 0 Å². The Labute approximate surface area is 110 Å². The van der Waals surface area contributed by atoms with E-state index in [4.69, 9.17) is 11.6 Å². The number of alkyl halides is 1. The summed E-state index contributed by atoms with van der Waals surface area (Å²) in [6.07, 6.45) is 5.62. The highest BCUT2D eigenvalue weighted by Crippen LogP contribution is 2.30. The lowest BCUT2D eigenvalue weighted by atomic mass is 9.80. The first-order chi connectivity index (χ1) is 7.92. The third kappa shape index (κ3) is 5.76. The molecule has 0 heterocycles. The highest BCUT2D eigenvalue weighted by Gasteiger charge is 2.25. The fourth-order valence-corrected chi connectivity index (χ4v) is 2.95. The van der Waals surface area contributed by atoms with E-state index in [0.29, 0.717) is 18.3 Å². The maximum atomic E-state index is 11.8. The Hall–Kier alpha value is -0.240. The van der Waals surface area contributed by atoms with Crippen LogP contribution in [0.15, 0.2) is 0 Å². The molecular formula is C14H26ClNO. The Bertz CT molecular complexity index is 247. The number of hydrogen-bond donors (Lipinski definition) is 1. The van der Waals surface area contributed by atoms with Gasteiger partial charge in [0.1, 0.15) is 0 Å². The molecule has 0 aromatic carbocycles. The Balaban J connectivity index is 2.31. The molecule has 1 aliphatic carbocycles. The molecule has 1 amide bonds. The molecule has 2 atom stereocenters. The van der Waals surface area contributed by atoms with Gasteiger partial charge in [-0.25, -0.2) is 0 Å². The molecule has 0 aromatic rings. The van der Waals surface area contributed by atoms with Crippen molar-refractivity contribution in [2.45, 2.75) is 52.9 Å². The Morgan fingerprint density at radius 3 is 2.35 bits per heavy atom. The number of nitrogens with one attached hydrogen (secondary N) is 1. The van der Waals surface area contributed by atoms with Crippen LogP contribution in [0.4, 0.5) is 0 Å². The SMILES string of the molecule is CC(C)(C)CC(=O)NCC1CCCCC1CCl. The van der Waals surface area contributed by atoms with Crippen LogP contribution in [0.1, 0.15) is 52.9 Å². The summed E-state index contributed by atoms with van der Waals surface area (Å²) in [6, 6.07) is 0. The smallest absolute Gasteiger partial charge is 0.220 e. The standard InChI is InChI=1S/C14H26ClNO/c1-14(2,3)8-13(17)16-10-12-7-5-4-6-11(12)9-15/h11-12H,4-10H2,1-3H3,(H,16,17). The fourth-order valence-electron chi connectivity index (χ4n) is 2.55. The first-order valence-electron chi connectivity index (χ1n) is 6.75. The van der Waals surface area contributed by atoms with Gasteiger partial charge in [-0.1, -0.05) is 33.6 Å². The molecule has 17 heavy (non-hydrogen) atoms. The van der Waals surface area contributed by atoms with Gasteiger partial charge in [-0.15, -0.1) is 11.6 Å². The molecule has 1 N–H and O–H groups in total. The molecule has 0 saturated heterocycles. The van der Waals surface area contributed by atoms with E-state index in [-0.39, 0.29) is 11.3 Å². The average molecular weight is 260 g/mol. The zero-order valence-corrected chi connectivity index (χ0v) is 12.1.